The molecule has 1 heterocycles. The fourth-order valence-electron chi connectivity index (χ4n) is 3.34. The highest BCUT2D eigenvalue weighted by Crippen LogP contribution is 2.27. The van der Waals surface area contributed by atoms with Crippen LogP contribution in [0.4, 0.5) is 0 Å². The Labute approximate surface area is 105 Å². The van der Waals surface area contributed by atoms with E-state index < -0.39 is 0 Å². The second-order valence-electron chi connectivity index (χ2n) is 5.58. The Hall–Kier alpha value is -0.120. The summed E-state index contributed by atoms with van der Waals surface area (Å²) in [6, 6.07) is 0.424. The number of likely N-dealkylation sites (tertiary alicyclic amines) is 1. The maximum absolute atomic E-state index is 10.1. The summed E-state index contributed by atoms with van der Waals surface area (Å²) in [6.07, 6.45) is 7.14. The highest BCUT2D eigenvalue weighted by atomic mass is 16.5. The Balaban J connectivity index is 1.83. The topological polar surface area (TPSA) is 32.7 Å². The van der Waals surface area contributed by atoms with Crippen LogP contribution in [0.25, 0.3) is 0 Å². The fraction of sp³-hybridized carbons (Fsp3) is 1.00. The van der Waals surface area contributed by atoms with Crippen molar-refractivity contribution in [2.75, 3.05) is 26.3 Å². The van der Waals surface area contributed by atoms with E-state index in [9.17, 15) is 5.11 Å². The highest BCUT2D eigenvalue weighted by Gasteiger charge is 2.31. The summed E-state index contributed by atoms with van der Waals surface area (Å²) in [4.78, 5) is 2.52. The Morgan fingerprint density at radius 2 is 2.00 bits per heavy atom. The number of hydrogen-bond acceptors (Lipinski definition) is 3. The molecule has 17 heavy (non-hydrogen) atoms. The van der Waals surface area contributed by atoms with Gasteiger partial charge in [0.1, 0.15) is 0 Å². The van der Waals surface area contributed by atoms with Crippen LogP contribution in [-0.2, 0) is 4.74 Å². The van der Waals surface area contributed by atoms with Crippen molar-refractivity contribution in [2.45, 2.75) is 57.6 Å². The number of aliphatic hydroxyl groups excluding tert-OH is 1. The molecular formula is C14H27NO2. The van der Waals surface area contributed by atoms with Crippen LogP contribution in [0.5, 0.6) is 0 Å². The Morgan fingerprint density at radius 3 is 2.76 bits per heavy atom. The van der Waals surface area contributed by atoms with E-state index in [1.54, 1.807) is 0 Å². The number of hydrogen-bond donors (Lipinski definition) is 1. The molecule has 1 aliphatic carbocycles. The number of nitrogens with zero attached hydrogens (tertiary/aromatic N) is 1. The summed E-state index contributed by atoms with van der Waals surface area (Å²) in [6.45, 7) is 6.08. The minimum absolute atomic E-state index is 0.0883. The van der Waals surface area contributed by atoms with Gasteiger partial charge >= 0.3 is 0 Å². The number of aliphatic hydroxyl groups is 1. The lowest BCUT2D eigenvalue weighted by Crippen LogP contribution is -2.50. The van der Waals surface area contributed by atoms with Crippen molar-refractivity contribution < 1.29 is 9.84 Å². The zero-order valence-corrected chi connectivity index (χ0v) is 11.1. The Bertz CT molecular complexity index is 222. The zero-order chi connectivity index (χ0) is 12.1. The van der Waals surface area contributed by atoms with Crippen LogP contribution in [0.15, 0.2) is 0 Å². The monoisotopic (exact) mass is 241 g/mol. The smallest absolute Gasteiger partial charge is 0.0695 e. The summed E-state index contributed by atoms with van der Waals surface area (Å²) >= 11 is 0. The first-order valence-corrected chi connectivity index (χ1v) is 7.31. The molecule has 0 aromatic rings. The molecule has 0 radical (unpaired) electrons. The highest BCUT2D eigenvalue weighted by molar-refractivity contribution is 4.86. The summed E-state index contributed by atoms with van der Waals surface area (Å²) in [7, 11) is 0. The lowest BCUT2D eigenvalue weighted by molar-refractivity contribution is -0.0133. The molecule has 3 heteroatoms. The van der Waals surface area contributed by atoms with Gasteiger partial charge in [0.25, 0.3) is 0 Å². The molecule has 0 aromatic carbocycles. The summed E-state index contributed by atoms with van der Waals surface area (Å²) in [5, 5.41) is 10.1. The fourth-order valence-corrected chi connectivity index (χ4v) is 3.34. The summed E-state index contributed by atoms with van der Waals surface area (Å²) in [5.41, 5.74) is 0. The second-order valence-corrected chi connectivity index (χ2v) is 5.58. The average molecular weight is 241 g/mol. The van der Waals surface area contributed by atoms with Gasteiger partial charge in [-0.1, -0.05) is 12.8 Å². The SMILES string of the molecule is CCOCC1CCCN(C2CCCCC2O)C1. The van der Waals surface area contributed by atoms with Gasteiger partial charge in [-0.05, 0) is 45.1 Å². The van der Waals surface area contributed by atoms with Gasteiger partial charge in [0.05, 0.1) is 12.7 Å². The molecule has 3 atom stereocenters. The van der Waals surface area contributed by atoms with Gasteiger partial charge in [-0.3, -0.25) is 4.90 Å². The summed E-state index contributed by atoms with van der Waals surface area (Å²) in [5.74, 6) is 0.679. The number of piperidine rings is 1. The predicted octanol–water partition coefficient (Wildman–Crippen LogP) is 2.04. The van der Waals surface area contributed by atoms with Crippen LogP contribution in [0.3, 0.4) is 0 Å². The van der Waals surface area contributed by atoms with Gasteiger partial charge in [-0.15, -0.1) is 0 Å². The lowest BCUT2D eigenvalue weighted by Gasteiger charge is -2.42. The Morgan fingerprint density at radius 1 is 1.18 bits per heavy atom. The van der Waals surface area contributed by atoms with Gasteiger partial charge in [0.15, 0.2) is 0 Å². The Kier molecular flexibility index (Phi) is 5.26. The molecule has 3 nitrogen and oxygen atoms in total. The first-order chi connectivity index (χ1) is 8.31. The third-order valence-electron chi connectivity index (χ3n) is 4.27. The van der Waals surface area contributed by atoms with Crippen molar-refractivity contribution in [3.63, 3.8) is 0 Å². The van der Waals surface area contributed by atoms with Crippen molar-refractivity contribution in [1.29, 1.82) is 0 Å². The van der Waals surface area contributed by atoms with E-state index in [0.717, 1.165) is 26.2 Å². The standard InChI is InChI=1S/C14H27NO2/c1-2-17-11-12-6-5-9-15(10-12)13-7-3-4-8-14(13)16/h12-14,16H,2-11H2,1H3. The maximum atomic E-state index is 10.1. The van der Waals surface area contributed by atoms with Crippen LogP contribution in [0.2, 0.25) is 0 Å². The zero-order valence-electron chi connectivity index (χ0n) is 11.1. The summed E-state index contributed by atoms with van der Waals surface area (Å²) < 4.78 is 5.55. The van der Waals surface area contributed by atoms with Gasteiger partial charge in [-0.25, -0.2) is 0 Å². The van der Waals surface area contributed by atoms with E-state index in [-0.39, 0.29) is 6.10 Å². The minimum atomic E-state index is -0.0883. The van der Waals surface area contributed by atoms with Gasteiger partial charge < -0.3 is 9.84 Å². The average Bonchev–Trinajstić information content (AvgIpc) is 2.37. The van der Waals surface area contributed by atoms with Crippen molar-refractivity contribution in [2.24, 2.45) is 5.92 Å². The molecule has 100 valence electrons. The lowest BCUT2D eigenvalue weighted by atomic mass is 9.88. The number of rotatable bonds is 4. The first kappa shape index (κ1) is 13.3. The molecule has 0 amide bonds. The van der Waals surface area contributed by atoms with Crippen LogP contribution in [0, 0.1) is 5.92 Å². The largest absolute Gasteiger partial charge is 0.391 e. The molecular weight excluding hydrogens is 214 g/mol. The van der Waals surface area contributed by atoms with Crippen LogP contribution in [0.1, 0.15) is 45.4 Å². The molecule has 0 bridgehead atoms. The molecule has 1 aliphatic heterocycles. The third-order valence-corrected chi connectivity index (χ3v) is 4.27. The van der Waals surface area contributed by atoms with E-state index in [1.807, 2.05) is 0 Å². The molecule has 2 fully saturated rings. The van der Waals surface area contributed by atoms with Crippen molar-refractivity contribution >= 4 is 0 Å². The van der Waals surface area contributed by atoms with E-state index in [4.69, 9.17) is 4.74 Å². The normalized spacial score (nSPS) is 36.0. The maximum Gasteiger partial charge on any atom is 0.0695 e. The molecule has 3 unspecified atom stereocenters. The molecule has 1 N–H and O–H groups in total. The third kappa shape index (κ3) is 3.67. The van der Waals surface area contributed by atoms with E-state index in [2.05, 4.69) is 11.8 Å². The van der Waals surface area contributed by atoms with Crippen LogP contribution < -0.4 is 0 Å². The van der Waals surface area contributed by atoms with E-state index in [0.29, 0.717) is 12.0 Å². The van der Waals surface area contributed by atoms with Crippen LogP contribution >= 0.6 is 0 Å². The molecule has 1 saturated heterocycles. The van der Waals surface area contributed by atoms with Gasteiger partial charge in [-0.2, -0.15) is 0 Å². The van der Waals surface area contributed by atoms with Crippen LogP contribution in [-0.4, -0.2) is 48.5 Å². The number of ether oxygens (including phenoxy) is 1. The second kappa shape index (κ2) is 6.72. The van der Waals surface area contributed by atoms with E-state index in [1.165, 1.54) is 38.6 Å². The predicted molar refractivity (Wildman–Crippen MR) is 69.1 cm³/mol. The molecule has 2 rings (SSSR count). The minimum Gasteiger partial charge on any atom is -0.391 e. The van der Waals surface area contributed by atoms with E-state index >= 15 is 0 Å². The first-order valence-electron chi connectivity index (χ1n) is 7.31. The quantitative estimate of drug-likeness (QED) is 0.817. The molecule has 0 spiro atoms. The van der Waals surface area contributed by atoms with Crippen molar-refractivity contribution in [3.05, 3.63) is 0 Å². The molecule has 0 aromatic heterocycles. The van der Waals surface area contributed by atoms with Gasteiger partial charge in [0, 0.05) is 19.2 Å². The van der Waals surface area contributed by atoms with Gasteiger partial charge in [0.2, 0.25) is 0 Å². The molecule has 1 saturated carbocycles. The van der Waals surface area contributed by atoms with Crippen molar-refractivity contribution in [3.8, 4) is 0 Å². The molecule has 2 aliphatic rings. The van der Waals surface area contributed by atoms with Crippen molar-refractivity contribution in [1.82, 2.24) is 4.90 Å².